The molecule has 31 heavy (non-hydrogen) atoms. The van der Waals surface area contributed by atoms with Crippen molar-refractivity contribution >= 4 is 17.8 Å². The molecular formula is C24H23N3O4. The van der Waals surface area contributed by atoms with E-state index in [1.807, 2.05) is 66.6 Å². The van der Waals surface area contributed by atoms with Crippen LogP contribution in [0.2, 0.25) is 0 Å². The summed E-state index contributed by atoms with van der Waals surface area (Å²) in [6.07, 6.45) is 4.90. The Morgan fingerprint density at radius 2 is 1.61 bits per heavy atom. The molecule has 158 valence electrons. The molecule has 2 aromatic rings. The lowest BCUT2D eigenvalue weighted by Crippen LogP contribution is -2.44. The molecule has 0 radical (unpaired) electrons. The summed E-state index contributed by atoms with van der Waals surface area (Å²) in [5, 5.41) is 11.8. The number of nitrogens with one attached hydrogen (secondary N) is 1. The number of hydrogen-bond donors (Lipinski definition) is 3. The van der Waals surface area contributed by atoms with E-state index in [-0.39, 0.29) is 30.3 Å². The molecule has 4 N–H and O–H groups in total. The second-order valence-electron chi connectivity index (χ2n) is 6.95. The minimum atomic E-state index is -1.19. The summed E-state index contributed by atoms with van der Waals surface area (Å²) in [7, 11) is 0. The van der Waals surface area contributed by atoms with Crippen LogP contribution in [0.4, 0.5) is 0 Å². The Morgan fingerprint density at radius 1 is 1.03 bits per heavy atom. The van der Waals surface area contributed by atoms with Crippen LogP contribution in [0.15, 0.2) is 90.3 Å². The summed E-state index contributed by atoms with van der Waals surface area (Å²) < 4.78 is 0. The lowest BCUT2D eigenvalue weighted by molar-refractivity contribution is -0.141. The van der Waals surface area contributed by atoms with Crippen molar-refractivity contribution in [2.45, 2.75) is 18.5 Å². The standard InChI is InChI=1S/C24H23N3O4/c25-14-13-20(24(30)31)26-23(29)19-12-7-15-27(21(19)16-28)22(17-8-3-1-4-9-17)18-10-5-2-6-11-18/h1-12,15,20,22H,13-14,25H2,(H,26,29)(H,30,31). The lowest BCUT2D eigenvalue weighted by Gasteiger charge is -2.34. The molecule has 1 aliphatic rings. The third-order valence-corrected chi connectivity index (χ3v) is 4.93. The topological polar surface area (TPSA) is 113 Å². The Kier molecular flexibility index (Phi) is 7.17. The van der Waals surface area contributed by atoms with Gasteiger partial charge in [-0.15, -0.1) is 0 Å². The molecular weight excluding hydrogens is 394 g/mol. The van der Waals surface area contributed by atoms with Crippen LogP contribution < -0.4 is 11.1 Å². The third-order valence-electron chi connectivity index (χ3n) is 4.93. The maximum atomic E-state index is 12.9. The van der Waals surface area contributed by atoms with Crippen molar-refractivity contribution in [1.82, 2.24) is 10.2 Å². The quantitative estimate of drug-likeness (QED) is 0.568. The molecule has 1 heterocycles. The van der Waals surface area contributed by atoms with Gasteiger partial charge in [0.1, 0.15) is 11.7 Å². The van der Waals surface area contributed by atoms with Crippen LogP contribution in [0.1, 0.15) is 23.6 Å². The number of nitrogens with zero attached hydrogens (tertiary/aromatic N) is 1. The van der Waals surface area contributed by atoms with E-state index in [0.717, 1.165) is 11.1 Å². The number of carboxylic acid groups (broad SMARTS) is 1. The fourth-order valence-electron chi connectivity index (χ4n) is 3.47. The van der Waals surface area contributed by atoms with Gasteiger partial charge in [0, 0.05) is 6.20 Å². The van der Waals surface area contributed by atoms with Crippen molar-refractivity contribution in [2.75, 3.05) is 6.54 Å². The SMILES string of the molecule is NCCC(NC(=O)C1=CC=CN(C(c2ccccc2)c2ccccc2)C1=C=O)C(=O)O. The van der Waals surface area contributed by atoms with Gasteiger partial charge in [0.05, 0.1) is 11.6 Å². The monoisotopic (exact) mass is 417 g/mol. The number of hydrogen-bond acceptors (Lipinski definition) is 5. The summed E-state index contributed by atoms with van der Waals surface area (Å²) in [6.45, 7) is 0.1000. The molecule has 0 aromatic heterocycles. The highest BCUT2D eigenvalue weighted by molar-refractivity contribution is 6.02. The molecule has 1 unspecified atom stereocenters. The zero-order valence-electron chi connectivity index (χ0n) is 16.8. The second kappa shape index (κ2) is 10.2. The van der Waals surface area contributed by atoms with Crippen molar-refractivity contribution in [3.05, 3.63) is 101 Å². The Hall–Kier alpha value is -3.93. The normalized spacial score (nSPS) is 14.1. The first-order chi connectivity index (χ1) is 15.1. The number of nitrogens with two attached hydrogens (primary N) is 1. The van der Waals surface area contributed by atoms with Gasteiger partial charge in [0.25, 0.3) is 5.91 Å². The predicted octanol–water partition coefficient (Wildman–Crippen LogP) is 2.17. The maximum absolute atomic E-state index is 12.9. The molecule has 1 amide bonds. The molecule has 0 fully saturated rings. The molecule has 0 saturated carbocycles. The Morgan fingerprint density at radius 3 is 2.10 bits per heavy atom. The van der Waals surface area contributed by atoms with E-state index in [9.17, 15) is 19.5 Å². The number of rotatable bonds is 8. The Bertz CT molecular complexity index is 1000. The predicted molar refractivity (Wildman–Crippen MR) is 116 cm³/mol. The van der Waals surface area contributed by atoms with Gasteiger partial charge in [-0.05, 0) is 36.2 Å². The summed E-state index contributed by atoms with van der Waals surface area (Å²) >= 11 is 0. The Balaban J connectivity index is 1.97. The molecule has 0 spiro atoms. The largest absolute Gasteiger partial charge is 0.480 e. The summed E-state index contributed by atoms with van der Waals surface area (Å²) in [4.78, 5) is 37.9. The number of benzene rings is 2. The van der Waals surface area contributed by atoms with Gasteiger partial charge in [0.15, 0.2) is 5.94 Å². The highest BCUT2D eigenvalue weighted by Gasteiger charge is 2.31. The molecule has 1 aliphatic heterocycles. The number of carbonyl (C=O) groups is 2. The highest BCUT2D eigenvalue weighted by atomic mass is 16.4. The number of amides is 1. The van der Waals surface area contributed by atoms with Crippen molar-refractivity contribution in [2.24, 2.45) is 5.73 Å². The van der Waals surface area contributed by atoms with E-state index in [1.54, 1.807) is 17.2 Å². The van der Waals surface area contributed by atoms with Crippen LogP contribution in [-0.2, 0) is 14.4 Å². The van der Waals surface area contributed by atoms with Crippen LogP contribution in [0.25, 0.3) is 0 Å². The summed E-state index contributed by atoms with van der Waals surface area (Å²) in [5.74, 6) is 0.0176. The Labute approximate surface area is 180 Å². The van der Waals surface area contributed by atoms with Gasteiger partial charge < -0.3 is 21.1 Å². The fourth-order valence-corrected chi connectivity index (χ4v) is 3.47. The minimum absolute atomic E-state index is 0.0228. The molecule has 7 nitrogen and oxygen atoms in total. The number of aliphatic carboxylic acids is 1. The van der Waals surface area contributed by atoms with Gasteiger partial charge in [-0.25, -0.2) is 9.59 Å². The van der Waals surface area contributed by atoms with Crippen LogP contribution in [0, 0.1) is 0 Å². The van der Waals surface area contributed by atoms with Crippen molar-refractivity contribution in [3.8, 4) is 0 Å². The molecule has 3 rings (SSSR count). The molecule has 2 aromatic carbocycles. The second-order valence-corrected chi connectivity index (χ2v) is 6.95. The van der Waals surface area contributed by atoms with E-state index in [1.165, 1.54) is 6.08 Å². The van der Waals surface area contributed by atoms with Crippen LogP contribution in [-0.4, -0.2) is 40.4 Å². The van der Waals surface area contributed by atoms with Crippen molar-refractivity contribution < 1.29 is 19.5 Å². The fraction of sp³-hybridized carbons (Fsp3) is 0.167. The van der Waals surface area contributed by atoms with Gasteiger partial charge in [-0.2, -0.15) is 0 Å². The van der Waals surface area contributed by atoms with Gasteiger partial charge >= 0.3 is 5.97 Å². The number of carbonyl (C=O) groups excluding carboxylic acids is 2. The van der Waals surface area contributed by atoms with Gasteiger partial charge in [-0.1, -0.05) is 60.7 Å². The van der Waals surface area contributed by atoms with Crippen LogP contribution in [0.5, 0.6) is 0 Å². The highest BCUT2D eigenvalue weighted by Crippen LogP contribution is 2.35. The average molecular weight is 417 g/mol. The lowest BCUT2D eigenvalue weighted by atomic mass is 9.94. The zero-order chi connectivity index (χ0) is 22.2. The van der Waals surface area contributed by atoms with Gasteiger partial charge in [-0.3, -0.25) is 4.79 Å². The van der Waals surface area contributed by atoms with E-state index < -0.39 is 17.9 Å². The van der Waals surface area contributed by atoms with E-state index in [4.69, 9.17) is 5.73 Å². The van der Waals surface area contributed by atoms with E-state index in [0.29, 0.717) is 0 Å². The first-order valence-electron chi connectivity index (χ1n) is 9.82. The zero-order valence-corrected chi connectivity index (χ0v) is 16.8. The van der Waals surface area contributed by atoms with E-state index >= 15 is 0 Å². The smallest absolute Gasteiger partial charge is 0.326 e. The van der Waals surface area contributed by atoms with Crippen LogP contribution >= 0.6 is 0 Å². The first kappa shape index (κ1) is 21.8. The molecule has 0 aliphatic carbocycles. The van der Waals surface area contributed by atoms with Crippen molar-refractivity contribution in [1.29, 1.82) is 0 Å². The number of carboxylic acids is 1. The molecule has 1 atom stereocenters. The molecule has 0 bridgehead atoms. The molecule has 0 saturated heterocycles. The minimum Gasteiger partial charge on any atom is -0.480 e. The average Bonchev–Trinajstić information content (AvgIpc) is 2.80. The van der Waals surface area contributed by atoms with Gasteiger partial charge in [0.2, 0.25) is 0 Å². The van der Waals surface area contributed by atoms with Crippen molar-refractivity contribution in [3.63, 3.8) is 0 Å². The molecule has 7 heteroatoms. The summed E-state index contributed by atoms with van der Waals surface area (Å²) in [6, 6.07) is 17.6. The summed E-state index contributed by atoms with van der Waals surface area (Å²) in [5.41, 5.74) is 7.34. The first-order valence-corrected chi connectivity index (χ1v) is 9.82. The van der Waals surface area contributed by atoms with E-state index in [2.05, 4.69) is 5.32 Å². The van der Waals surface area contributed by atoms with Crippen LogP contribution in [0.3, 0.4) is 0 Å². The number of allylic oxidation sites excluding steroid dienone is 2. The third kappa shape index (κ3) is 4.98. The maximum Gasteiger partial charge on any atom is 0.326 e.